The lowest BCUT2D eigenvalue weighted by Crippen LogP contribution is -2.45. The van der Waals surface area contributed by atoms with Crippen molar-refractivity contribution in [3.05, 3.63) is 42.1 Å². The van der Waals surface area contributed by atoms with E-state index in [-0.39, 0.29) is 0 Å². The Morgan fingerprint density at radius 1 is 1.25 bits per heavy atom. The summed E-state index contributed by atoms with van der Waals surface area (Å²) >= 11 is 0. The van der Waals surface area contributed by atoms with Gasteiger partial charge in [-0.1, -0.05) is 24.3 Å². The van der Waals surface area contributed by atoms with Gasteiger partial charge in [0, 0.05) is 18.1 Å². The first-order valence-corrected chi connectivity index (χ1v) is 5.57. The summed E-state index contributed by atoms with van der Waals surface area (Å²) < 4.78 is 5.13. The molecule has 1 N–H and O–H groups in total. The average Bonchev–Trinajstić information content (AvgIpc) is 2.27. The molecule has 2 heterocycles. The Morgan fingerprint density at radius 3 is 2.94 bits per heavy atom. The van der Waals surface area contributed by atoms with E-state index in [4.69, 9.17) is 4.74 Å². The smallest absolute Gasteiger partial charge is 0.0746 e. The molecule has 0 unspecified atom stereocenters. The van der Waals surface area contributed by atoms with E-state index in [9.17, 15) is 0 Å². The van der Waals surface area contributed by atoms with E-state index in [1.54, 1.807) is 0 Å². The van der Waals surface area contributed by atoms with Gasteiger partial charge >= 0.3 is 0 Å². The maximum absolute atomic E-state index is 5.13. The summed E-state index contributed by atoms with van der Waals surface area (Å²) in [6, 6.07) is 10.9. The van der Waals surface area contributed by atoms with Gasteiger partial charge in [0.15, 0.2) is 0 Å². The maximum atomic E-state index is 5.13. The van der Waals surface area contributed by atoms with Gasteiger partial charge in [-0.2, -0.15) is 0 Å². The average molecular weight is 214 g/mol. The fourth-order valence-electron chi connectivity index (χ4n) is 1.92. The molecule has 0 atom stereocenters. The molecule has 0 radical (unpaired) electrons. The summed E-state index contributed by atoms with van der Waals surface area (Å²) in [6.45, 7) is 2.53. The molecule has 3 rings (SSSR count). The molecule has 2 aromatic rings. The number of hydrogen-bond acceptors (Lipinski definition) is 3. The highest BCUT2D eigenvalue weighted by atomic mass is 16.5. The van der Waals surface area contributed by atoms with Gasteiger partial charge in [0.25, 0.3) is 0 Å². The monoisotopic (exact) mass is 214 g/mol. The van der Waals surface area contributed by atoms with Gasteiger partial charge in [0.1, 0.15) is 0 Å². The van der Waals surface area contributed by atoms with Crippen molar-refractivity contribution in [2.75, 3.05) is 13.2 Å². The van der Waals surface area contributed by atoms with Crippen molar-refractivity contribution in [2.24, 2.45) is 0 Å². The number of rotatable bonds is 3. The number of nitrogens with one attached hydrogen (secondary N) is 1. The zero-order valence-corrected chi connectivity index (χ0v) is 9.02. The van der Waals surface area contributed by atoms with Crippen LogP contribution in [0, 0.1) is 0 Å². The molecule has 3 heteroatoms. The molecule has 0 spiro atoms. The Hall–Kier alpha value is -1.45. The van der Waals surface area contributed by atoms with Crippen molar-refractivity contribution in [1.29, 1.82) is 0 Å². The van der Waals surface area contributed by atoms with Crippen LogP contribution in [0.2, 0.25) is 0 Å². The Morgan fingerprint density at radius 2 is 2.12 bits per heavy atom. The minimum absolute atomic E-state index is 0.513. The molecule has 16 heavy (non-hydrogen) atoms. The van der Waals surface area contributed by atoms with Crippen LogP contribution in [0.3, 0.4) is 0 Å². The zero-order chi connectivity index (χ0) is 10.8. The molecule has 1 saturated heterocycles. The standard InChI is InChI=1S/C13H14N2O/c1-3-10-5-2-6-14-13(10)11(4-1)7-15-12-8-16-9-12/h1-6,12,15H,7-9H2. The minimum atomic E-state index is 0.513. The van der Waals surface area contributed by atoms with Crippen LogP contribution in [-0.4, -0.2) is 24.2 Å². The molecular weight excluding hydrogens is 200 g/mol. The second-order valence-electron chi connectivity index (χ2n) is 4.11. The fraction of sp³-hybridized carbons (Fsp3) is 0.308. The summed E-state index contributed by atoms with van der Waals surface area (Å²) in [5.41, 5.74) is 2.35. The molecule has 82 valence electrons. The van der Waals surface area contributed by atoms with Crippen LogP contribution in [0.5, 0.6) is 0 Å². The van der Waals surface area contributed by atoms with Crippen LogP contribution in [-0.2, 0) is 11.3 Å². The van der Waals surface area contributed by atoms with Crippen LogP contribution < -0.4 is 5.32 Å². The van der Waals surface area contributed by atoms with E-state index in [0.717, 1.165) is 25.3 Å². The van der Waals surface area contributed by atoms with E-state index < -0.39 is 0 Å². The second kappa shape index (κ2) is 4.20. The number of nitrogens with zero attached hydrogens (tertiary/aromatic N) is 1. The van der Waals surface area contributed by atoms with Crippen LogP contribution >= 0.6 is 0 Å². The van der Waals surface area contributed by atoms with Gasteiger partial charge in [-0.05, 0) is 11.6 Å². The predicted octanol–water partition coefficient (Wildman–Crippen LogP) is 1.72. The summed E-state index contributed by atoms with van der Waals surface area (Å²) in [5.74, 6) is 0. The zero-order valence-electron chi connectivity index (χ0n) is 9.02. The highest BCUT2D eigenvalue weighted by Gasteiger charge is 2.17. The fourth-order valence-corrected chi connectivity index (χ4v) is 1.92. The minimum Gasteiger partial charge on any atom is -0.378 e. The van der Waals surface area contributed by atoms with E-state index in [1.807, 2.05) is 12.3 Å². The van der Waals surface area contributed by atoms with Crippen LogP contribution in [0.1, 0.15) is 5.56 Å². The quantitative estimate of drug-likeness (QED) is 0.844. The number of fused-ring (bicyclic) bond motifs is 1. The number of hydrogen-bond donors (Lipinski definition) is 1. The lowest BCUT2D eigenvalue weighted by Gasteiger charge is -2.27. The van der Waals surface area contributed by atoms with Crippen molar-refractivity contribution < 1.29 is 4.74 Å². The molecule has 3 nitrogen and oxygen atoms in total. The van der Waals surface area contributed by atoms with Crippen LogP contribution in [0.25, 0.3) is 10.9 Å². The Labute approximate surface area is 94.5 Å². The first-order chi connectivity index (χ1) is 7.93. The van der Waals surface area contributed by atoms with Crippen molar-refractivity contribution in [3.63, 3.8) is 0 Å². The second-order valence-corrected chi connectivity index (χ2v) is 4.11. The summed E-state index contributed by atoms with van der Waals surface area (Å²) in [4.78, 5) is 4.43. The predicted molar refractivity (Wildman–Crippen MR) is 63.2 cm³/mol. The number of aromatic nitrogens is 1. The topological polar surface area (TPSA) is 34.2 Å². The lowest BCUT2D eigenvalue weighted by molar-refractivity contribution is -0.00574. The van der Waals surface area contributed by atoms with Crippen molar-refractivity contribution in [1.82, 2.24) is 10.3 Å². The molecular formula is C13H14N2O. The third kappa shape index (κ3) is 1.79. The molecule has 1 aromatic heterocycles. The molecule has 0 amide bonds. The normalized spacial score (nSPS) is 16.2. The number of ether oxygens (including phenoxy) is 1. The highest BCUT2D eigenvalue weighted by molar-refractivity contribution is 5.81. The van der Waals surface area contributed by atoms with Crippen molar-refractivity contribution in [2.45, 2.75) is 12.6 Å². The van der Waals surface area contributed by atoms with Gasteiger partial charge in [-0.15, -0.1) is 0 Å². The van der Waals surface area contributed by atoms with Crippen molar-refractivity contribution in [3.8, 4) is 0 Å². The largest absolute Gasteiger partial charge is 0.378 e. The van der Waals surface area contributed by atoms with Gasteiger partial charge < -0.3 is 10.1 Å². The van der Waals surface area contributed by atoms with Crippen LogP contribution in [0.4, 0.5) is 0 Å². The summed E-state index contributed by atoms with van der Waals surface area (Å²) in [6.07, 6.45) is 1.85. The Balaban J connectivity index is 1.84. The molecule has 0 bridgehead atoms. The van der Waals surface area contributed by atoms with Gasteiger partial charge in [0.05, 0.1) is 24.8 Å². The first-order valence-electron chi connectivity index (χ1n) is 5.57. The van der Waals surface area contributed by atoms with Crippen molar-refractivity contribution >= 4 is 10.9 Å². The highest BCUT2D eigenvalue weighted by Crippen LogP contribution is 2.16. The summed E-state index contributed by atoms with van der Waals surface area (Å²) in [7, 11) is 0. The molecule has 0 saturated carbocycles. The van der Waals surface area contributed by atoms with Crippen LogP contribution in [0.15, 0.2) is 36.5 Å². The van der Waals surface area contributed by atoms with E-state index in [0.29, 0.717) is 6.04 Å². The molecule has 0 aliphatic carbocycles. The maximum Gasteiger partial charge on any atom is 0.0746 e. The van der Waals surface area contributed by atoms with Gasteiger partial charge in [-0.3, -0.25) is 4.98 Å². The first kappa shape index (κ1) is 9.75. The van der Waals surface area contributed by atoms with E-state index in [1.165, 1.54) is 10.9 Å². The van der Waals surface area contributed by atoms with Gasteiger partial charge in [-0.25, -0.2) is 0 Å². The van der Waals surface area contributed by atoms with Gasteiger partial charge in [0.2, 0.25) is 0 Å². The molecule has 1 fully saturated rings. The molecule has 1 aromatic carbocycles. The number of benzene rings is 1. The Bertz CT molecular complexity index is 489. The van der Waals surface area contributed by atoms with E-state index >= 15 is 0 Å². The Kier molecular flexibility index (Phi) is 2.56. The molecule has 1 aliphatic rings. The number of pyridine rings is 1. The third-order valence-electron chi connectivity index (χ3n) is 2.94. The lowest BCUT2D eigenvalue weighted by atomic mass is 10.1. The van der Waals surface area contributed by atoms with E-state index in [2.05, 4.69) is 34.6 Å². The molecule has 1 aliphatic heterocycles. The third-order valence-corrected chi connectivity index (χ3v) is 2.94. The SMILES string of the molecule is c1cnc2c(CNC3COC3)cccc2c1. The number of para-hydroxylation sites is 1. The summed E-state index contributed by atoms with van der Waals surface area (Å²) in [5, 5.41) is 4.66.